The van der Waals surface area contributed by atoms with Gasteiger partial charge in [0.1, 0.15) is 0 Å². The SMILES string of the molecule is CCCCCCCCC(C(=O)O)c1cc(Cl)cc(Cl)c1N. The van der Waals surface area contributed by atoms with Gasteiger partial charge in [-0.05, 0) is 24.1 Å². The minimum absolute atomic E-state index is 0.312. The standard InChI is InChI=1S/C16H23Cl2NO2/c1-2-3-4-5-6-7-8-12(16(20)21)13-9-11(17)10-14(18)15(13)19/h9-10,12H,2-8,19H2,1H3,(H,20,21). The van der Waals surface area contributed by atoms with Crippen LogP contribution in [0.25, 0.3) is 0 Å². The lowest BCUT2D eigenvalue weighted by atomic mass is 9.91. The fraction of sp³-hybridized carbons (Fsp3) is 0.562. The second-order valence-corrected chi connectivity index (χ2v) is 6.18. The Labute approximate surface area is 136 Å². The van der Waals surface area contributed by atoms with E-state index in [-0.39, 0.29) is 0 Å². The van der Waals surface area contributed by atoms with Crippen molar-refractivity contribution in [1.29, 1.82) is 0 Å². The molecular formula is C16H23Cl2NO2. The predicted molar refractivity (Wildman–Crippen MR) is 89.2 cm³/mol. The maximum absolute atomic E-state index is 11.5. The number of carboxylic acids is 1. The highest BCUT2D eigenvalue weighted by Crippen LogP contribution is 2.35. The molecule has 0 saturated heterocycles. The summed E-state index contributed by atoms with van der Waals surface area (Å²) in [5.74, 6) is -1.53. The van der Waals surface area contributed by atoms with Gasteiger partial charge < -0.3 is 10.8 Å². The van der Waals surface area contributed by atoms with E-state index in [4.69, 9.17) is 28.9 Å². The lowest BCUT2D eigenvalue weighted by Crippen LogP contribution is -2.14. The van der Waals surface area contributed by atoms with Crippen LogP contribution in [-0.4, -0.2) is 11.1 Å². The first-order valence-electron chi connectivity index (χ1n) is 7.44. The molecule has 1 atom stereocenters. The topological polar surface area (TPSA) is 63.3 Å². The number of unbranched alkanes of at least 4 members (excludes halogenated alkanes) is 5. The van der Waals surface area contributed by atoms with Gasteiger partial charge in [0.2, 0.25) is 0 Å². The van der Waals surface area contributed by atoms with Crippen molar-refractivity contribution in [3.63, 3.8) is 0 Å². The Morgan fingerprint density at radius 2 is 1.81 bits per heavy atom. The molecule has 1 rings (SSSR count). The van der Waals surface area contributed by atoms with Gasteiger partial charge in [0.05, 0.1) is 16.6 Å². The van der Waals surface area contributed by atoms with E-state index in [1.54, 1.807) is 6.07 Å². The molecule has 21 heavy (non-hydrogen) atoms. The number of nitrogens with two attached hydrogens (primary N) is 1. The summed E-state index contributed by atoms with van der Waals surface area (Å²) in [5, 5.41) is 10.2. The van der Waals surface area contributed by atoms with Crippen LogP contribution in [0.5, 0.6) is 0 Å². The lowest BCUT2D eigenvalue weighted by molar-refractivity contribution is -0.139. The number of halogens is 2. The van der Waals surface area contributed by atoms with E-state index in [0.29, 0.717) is 27.7 Å². The average Bonchev–Trinajstić information content (AvgIpc) is 2.42. The van der Waals surface area contributed by atoms with Crippen molar-refractivity contribution in [2.75, 3.05) is 5.73 Å². The van der Waals surface area contributed by atoms with Crippen molar-refractivity contribution in [2.24, 2.45) is 0 Å². The highest BCUT2D eigenvalue weighted by atomic mass is 35.5. The summed E-state index contributed by atoms with van der Waals surface area (Å²) in [6, 6.07) is 3.14. The van der Waals surface area contributed by atoms with Gasteiger partial charge in [-0.2, -0.15) is 0 Å². The number of nitrogen functional groups attached to an aromatic ring is 1. The van der Waals surface area contributed by atoms with Crippen LogP contribution in [0.1, 0.15) is 63.4 Å². The van der Waals surface area contributed by atoms with Crippen molar-refractivity contribution in [3.8, 4) is 0 Å². The van der Waals surface area contributed by atoms with E-state index < -0.39 is 11.9 Å². The summed E-state index contributed by atoms with van der Waals surface area (Å²) >= 11 is 11.9. The van der Waals surface area contributed by atoms with Gasteiger partial charge in [-0.15, -0.1) is 0 Å². The Balaban J connectivity index is 2.68. The van der Waals surface area contributed by atoms with Crippen molar-refractivity contribution < 1.29 is 9.90 Å². The fourth-order valence-electron chi connectivity index (χ4n) is 2.43. The molecule has 0 bridgehead atoms. The number of anilines is 1. The van der Waals surface area contributed by atoms with Gasteiger partial charge in [-0.25, -0.2) is 0 Å². The van der Waals surface area contributed by atoms with E-state index in [1.165, 1.54) is 25.3 Å². The van der Waals surface area contributed by atoms with Crippen LogP contribution in [0.15, 0.2) is 12.1 Å². The van der Waals surface area contributed by atoms with Crippen LogP contribution in [0.4, 0.5) is 5.69 Å². The molecule has 0 aliphatic rings. The molecule has 0 fully saturated rings. The molecule has 1 unspecified atom stereocenters. The zero-order chi connectivity index (χ0) is 15.8. The largest absolute Gasteiger partial charge is 0.481 e. The molecular weight excluding hydrogens is 309 g/mol. The Hall–Kier alpha value is -0.930. The lowest BCUT2D eigenvalue weighted by Gasteiger charge is -2.16. The van der Waals surface area contributed by atoms with Gasteiger partial charge in [0.25, 0.3) is 0 Å². The minimum Gasteiger partial charge on any atom is -0.481 e. The van der Waals surface area contributed by atoms with Gasteiger partial charge in [0, 0.05) is 5.02 Å². The molecule has 0 aliphatic carbocycles. The van der Waals surface area contributed by atoms with E-state index in [0.717, 1.165) is 19.3 Å². The number of carboxylic acid groups (broad SMARTS) is 1. The smallest absolute Gasteiger partial charge is 0.311 e. The van der Waals surface area contributed by atoms with Crippen LogP contribution in [0.3, 0.4) is 0 Å². The first-order valence-corrected chi connectivity index (χ1v) is 8.20. The van der Waals surface area contributed by atoms with Crippen LogP contribution < -0.4 is 5.73 Å². The van der Waals surface area contributed by atoms with E-state index in [1.807, 2.05) is 0 Å². The molecule has 0 saturated carbocycles. The quantitative estimate of drug-likeness (QED) is 0.464. The van der Waals surface area contributed by atoms with E-state index >= 15 is 0 Å². The second kappa shape index (κ2) is 9.16. The summed E-state index contributed by atoms with van der Waals surface area (Å²) in [6.45, 7) is 2.17. The zero-order valence-electron chi connectivity index (χ0n) is 12.4. The van der Waals surface area contributed by atoms with Crippen LogP contribution in [-0.2, 0) is 4.79 Å². The van der Waals surface area contributed by atoms with Crippen LogP contribution in [0.2, 0.25) is 10.0 Å². The van der Waals surface area contributed by atoms with Gasteiger partial charge in [0.15, 0.2) is 0 Å². The molecule has 1 aromatic carbocycles. The van der Waals surface area contributed by atoms with Gasteiger partial charge >= 0.3 is 5.97 Å². The van der Waals surface area contributed by atoms with Gasteiger partial charge in [-0.1, -0.05) is 68.7 Å². The third-order valence-electron chi connectivity index (χ3n) is 3.65. The molecule has 118 valence electrons. The fourth-order valence-corrected chi connectivity index (χ4v) is 2.94. The molecule has 0 radical (unpaired) electrons. The zero-order valence-corrected chi connectivity index (χ0v) is 13.9. The number of rotatable bonds is 9. The Kier molecular flexibility index (Phi) is 7.91. The van der Waals surface area contributed by atoms with Gasteiger partial charge in [-0.3, -0.25) is 4.79 Å². The number of benzene rings is 1. The maximum Gasteiger partial charge on any atom is 0.311 e. The molecule has 0 amide bonds. The number of aliphatic carboxylic acids is 1. The third kappa shape index (κ3) is 5.76. The summed E-state index contributed by atoms with van der Waals surface area (Å²) < 4.78 is 0. The second-order valence-electron chi connectivity index (χ2n) is 5.34. The predicted octanol–water partition coefficient (Wildman–Crippen LogP) is 5.49. The van der Waals surface area contributed by atoms with Crippen molar-refractivity contribution in [2.45, 2.75) is 57.8 Å². The molecule has 3 N–H and O–H groups in total. The molecule has 0 heterocycles. The van der Waals surface area contributed by atoms with Crippen LogP contribution in [0, 0.1) is 0 Å². The summed E-state index contributed by atoms with van der Waals surface area (Å²) in [7, 11) is 0. The van der Waals surface area contributed by atoms with E-state index in [2.05, 4.69) is 6.92 Å². The Morgan fingerprint density at radius 3 is 2.43 bits per heavy atom. The summed E-state index contributed by atoms with van der Waals surface area (Å²) in [6.07, 6.45) is 7.25. The summed E-state index contributed by atoms with van der Waals surface area (Å²) in [4.78, 5) is 11.5. The highest BCUT2D eigenvalue weighted by molar-refractivity contribution is 6.36. The maximum atomic E-state index is 11.5. The normalized spacial score (nSPS) is 12.3. The summed E-state index contributed by atoms with van der Waals surface area (Å²) in [5.41, 5.74) is 6.75. The number of hydrogen-bond acceptors (Lipinski definition) is 2. The molecule has 0 aromatic heterocycles. The first-order chi connectivity index (χ1) is 9.97. The highest BCUT2D eigenvalue weighted by Gasteiger charge is 2.23. The van der Waals surface area contributed by atoms with Crippen molar-refractivity contribution >= 4 is 34.9 Å². The number of hydrogen-bond donors (Lipinski definition) is 2. The average molecular weight is 332 g/mol. The molecule has 3 nitrogen and oxygen atoms in total. The van der Waals surface area contributed by atoms with Crippen molar-refractivity contribution in [1.82, 2.24) is 0 Å². The van der Waals surface area contributed by atoms with Crippen molar-refractivity contribution in [3.05, 3.63) is 27.7 Å². The monoisotopic (exact) mass is 331 g/mol. The third-order valence-corrected chi connectivity index (χ3v) is 4.18. The molecule has 5 heteroatoms. The molecule has 1 aromatic rings. The van der Waals surface area contributed by atoms with E-state index in [9.17, 15) is 9.90 Å². The Morgan fingerprint density at radius 1 is 1.19 bits per heavy atom. The Bertz CT molecular complexity index is 478. The molecule has 0 aliphatic heterocycles. The van der Waals surface area contributed by atoms with Crippen LogP contribution >= 0.6 is 23.2 Å². The number of carbonyl (C=O) groups is 1. The molecule has 0 spiro atoms. The first kappa shape index (κ1) is 18.1. The minimum atomic E-state index is -0.881.